The Bertz CT molecular complexity index is 1190. The zero-order chi connectivity index (χ0) is 21.1. The van der Waals surface area contributed by atoms with Crippen molar-refractivity contribution in [2.75, 3.05) is 6.61 Å². The Morgan fingerprint density at radius 1 is 1.03 bits per heavy atom. The van der Waals surface area contributed by atoms with Gasteiger partial charge in [0.15, 0.2) is 0 Å². The molecule has 6 heteroatoms. The highest BCUT2D eigenvalue weighted by molar-refractivity contribution is 9.10. The molecule has 0 aliphatic carbocycles. The number of amides is 2. The molecule has 0 atom stereocenters. The smallest absolute Gasteiger partial charge is 0.293 e. The predicted molar refractivity (Wildman–Crippen MR) is 125 cm³/mol. The van der Waals surface area contributed by atoms with E-state index in [1.54, 1.807) is 12.2 Å². The first kappa shape index (κ1) is 20.4. The number of halogens is 1. The minimum atomic E-state index is -0.298. The summed E-state index contributed by atoms with van der Waals surface area (Å²) in [5.74, 6) is 0.326. The SMILES string of the molecule is C=CCOc1ccc(Br)cc1C=C1SC(=O)N(Cc2ccc3ccccc3c2)C1=O. The zero-order valence-electron chi connectivity index (χ0n) is 16.0. The van der Waals surface area contributed by atoms with Crippen molar-refractivity contribution in [2.24, 2.45) is 0 Å². The molecule has 1 fully saturated rings. The summed E-state index contributed by atoms with van der Waals surface area (Å²) in [4.78, 5) is 27.2. The molecule has 1 heterocycles. The van der Waals surface area contributed by atoms with Gasteiger partial charge in [-0.3, -0.25) is 14.5 Å². The molecule has 0 aromatic heterocycles. The molecule has 2 amide bonds. The van der Waals surface area contributed by atoms with E-state index in [2.05, 4.69) is 22.5 Å². The van der Waals surface area contributed by atoms with Crippen molar-refractivity contribution in [3.05, 3.63) is 93.8 Å². The van der Waals surface area contributed by atoms with Crippen molar-refractivity contribution in [1.29, 1.82) is 0 Å². The summed E-state index contributed by atoms with van der Waals surface area (Å²) >= 11 is 4.39. The largest absolute Gasteiger partial charge is 0.489 e. The van der Waals surface area contributed by atoms with Crippen LogP contribution >= 0.6 is 27.7 Å². The van der Waals surface area contributed by atoms with Crippen molar-refractivity contribution in [3.8, 4) is 5.75 Å². The third-order valence-electron chi connectivity index (χ3n) is 4.64. The van der Waals surface area contributed by atoms with Crippen molar-refractivity contribution >= 4 is 55.7 Å². The van der Waals surface area contributed by atoms with Gasteiger partial charge in [0.25, 0.3) is 11.1 Å². The van der Waals surface area contributed by atoms with Gasteiger partial charge >= 0.3 is 0 Å². The highest BCUT2D eigenvalue weighted by atomic mass is 79.9. The molecular formula is C24H18BrNO3S. The number of hydrogen-bond donors (Lipinski definition) is 0. The zero-order valence-corrected chi connectivity index (χ0v) is 18.4. The molecule has 1 aliphatic heterocycles. The molecule has 0 saturated carbocycles. The molecule has 3 aromatic rings. The van der Waals surface area contributed by atoms with Crippen LogP contribution in [0.5, 0.6) is 5.75 Å². The number of imide groups is 1. The first-order valence-corrected chi connectivity index (χ1v) is 10.9. The maximum Gasteiger partial charge on any atom is 0.293 e. The molecule has 4 rings (SSSR count). The van der Waals surface area contributed by atoms with Gasteiger partial charge < -0.3 is 4.74 Å². The van der Waals surface area contributed by atoms with Crippen LogP contribution in [0.2, 0.25) is 0 Å². The summed E-state index contributed by atoms with van der Waals surface area (Å²) in [6.07, 6.45) is 3.36. The van der Waals surface area contributed by atoms with Crippen molar-refractivity contribution in [3.63, 3.8) is 0 Å². The topological polar surface area (TPSA) is 46.6 Å². The summed E-state index contributed by atoms with van der Waals surface area (Å²) in [5.41, 5.74) is 1.64. The van der Waals surface area contributed by atoms with Crippen molar-refractivity contribution < 1.29 is 14.3 Å². The van der Waals surface area contributed by atoms with E-state index in [0.29, 0.717) is 17.3 Å². The van der Waals surface area contributed by atoms with Crippen molar-refractivity contribution in [1.82, 2.24) is 4.90 Å². The fourth-order valence-electron chi connectivity index (χ4n) is 3.21. The van der Waals surface area contributed by atoms with Crippen molar-refractivity contribution in [2.45, 2.75) is 6.54 Å². The fraction of sp³-hybridized carbons (Fsp3) is 0.0833. The summed E-state index contributed by atoms with van der Waals surface area (Å²) < 4.78 is 6.53. The molecular weight excluding hydrogens is 462 g/mol. The monoisotopic (exact) mass is 479 g/mol. The minimum absolute atomic E-state index is 0.241. The average Bonchev–Trinajstić information content (AvgIpc) is 3.00. The lowest BCUT2D eigenvalue weighted by atomic mass is 10.1. The van der Waals surface area contributed by atoms with Gasteiger partial charge in [-0.15, -0.1) is 0 Å². The van der Waals surface area contributed by atoms with E-state index in [1.165, 1.54) is 4.90 Å². The van der Waals surface area contributed by atoms with Gasteiger partial charge in [-0.1, -0.05) is 65.0 Å². The number of carbonyl (C=O) groups is 2. The highest BCUT2D eigenvalue weighted by Gasteiger charge is 2.35. The molecule has 0 bridgehead atoms. The standard InChI is InChI=1S/C24H18BrNO3S/c1-2-11-29-21-10-9-20(25)13-19(21)14-22-23(27)26(24(28)30-22)15-16-7-8-17-5-3-4-6-18(17)12-16/h2-10,12-14H,1,11,15H2. The molecule has 1 saturated heterocycles. The molecule has 0 unspecified atom stereocenters. The number of carbonyl (C=O) groups excluding carboxylic acids is 2. The summed E-state index contributed by atoms with van der Waals surface area (Å²) in [6, 6.07) is 19.5. The molecule has 1 aliphatic rings. The van der Waals surface area contributed by atoms with Crippen LogP contribution in [-0.4, -0.2) is 22.7 Å². The van der Waals surface area contributed by atoms with Gasteiger partial charge in [0.05, 0.1) is 11.4 Å². The number of nitrogens with zero attached hydrogens (tertiary/aromatic N) is 1. The van der Waals surface area contributed by atoms with Crippen LogP contribution in [0.1, 0.15) is 11.1 Å². The number of fused-ring (bicyclic) bond motifs is 1. The van der Waals surface area contributed by atoms with E-state index in [0.717, 1.165) is 38.1 Å². The number of rotatable bonds is 6. The lowest BCUT2D eigenvalue weighted by Gasteiger charge is -2.13. The van der Waals surface area contributed by atoms with Gasteiger partial charge in [-0.05, 0) is 58.4 Å². The molecule has 0 N–H and O–H groups in total. The van der Waals surface area contributed by atoms with Gasteiger partial charge in [0.2, 0.25) is 0 Å². The second kappa shape index (κ2) is 8.90. The minimum Gasteiger partial charge on any atom is -0.489 e. The van der Waals surface area contributed by atoms with Crippen LogP contribution in [0, 0.1) is 0 Å². The van der Waals surface area contributed by atoms with Gasteiger partial charge in [0.1, 0.15) is 12.4 Å². The van der Waals surface area contributed by atoms with Crippen LogP contribution < -0.4 is 4.74 Å². The fourth-order valence-corrected chi connectivity index (χ4v) is 4.42. The van der Waals surface area contributed by atoms with E-state index in [9.17, 15) is 9.59 Å². The third kappa shape index (κ3) is 4.35. The van der Waals surface area contributed by atoms with E-state index < -0.39 is 0 Å². The van der Waals surface area contributed by atoms with E-state index in [1.807, 2.05) is 60.7 Å². The molecule has 0 spiro atoms. The molecule has 0 radical (unpaired) electrons. The van der Waals surface area contributed by atoms with Crippen LogP contribution in [0.4, 0.5) is 4.79 Å². The van der Waals surface area contributed by atoms with Crippen LogP contribution in [-0.2, 0) is 11.3 Å². The van der Waals surface area contributed by atoms with Gasteiger partial charge in [0, 0.05) is 10.0 Å². The second-order valence-electron chi connectivity index (χ2n) is 6.73. The predicted octanol–water partition coefficient (Wildman–Crippen LogP) is 6.40. The Balaban J connectivity index is 1.59. The Morgan fingerprint density at radius 2 is 1.83 bits per heavy atom. The maximum atomic E-state index is 12.9. The number of benzene rings is 3. The Kier molecular flexibility index (Phi) is 6.06. The van der Waals surface area contributed by atoms with E-state index in [4.69, 9.17) is 4.74 Å². The van der Waals surface area contributed by atoms with E-state index in [-0.39, 0.29) is 17.7 Å². The summed E-state index contributed by atoms with van der Waals surface area (Å²) in [6.45, 7) is 4.25. The first-order valence-electron chi connectivity index (χ1n) is 9.31. The maximum absolute atomic E-state index is 12.9. The Hall–Kier alpha value is -2.83. The number of hydrogen-bond acceptors (Lipinski definition) is 4. The molecule has 30 heavy (non-hydrogen) atoms. The van der Waals surface area contributed by atoms with Gasteiger partial charge in [-0.25, -0.2) is 0 Å². The molecule has 3 aromatic carbocycles. The lowest BCUT2D eigenvalue weighted by Crippen LogP contribution is -2.27. The third-order valence-corrected chi connectivity index (χ3v) is 6.04. The van der Waals surface area contributed by atoms with Gasteiger partial charge in [-0.2, -0.15) is 0 Å². The average molecular weight is 480 g/mol. The normalized spacial score (nSPS) is 15.2. The lowest BCUT2D eigenvalue weighted by molar-refractivity contribution is -0.123. The Morgan fingerprint density at radius 3 is 2.63 bits per heavy atom. The number of ether oxygens (including phenoxy) is 1. The van der Waals surface area contributed by atoms with E-state index >= 15 is 0 Å². The summed E-state index contributed by atoms with van der Waals surface area (Å²) in [5, 5.41) is 1.93. The molecule has 150 valence electrons. The second-order valence-corrected chi connectivity index (χ2v) is 8.64. The molecule has 4 nitrogen and oxygen atoms in total. The number of thioether (sulfide) groups is 1. The quantitative estimate of drug-likeness (QED) is 0.303. The highest BCUT2D eigenvalue weighted by Crippen LogP contribution is 2.36. The first-order chi connectivity index (χ1) is 14.5. The van der Waals surface area contributed by atoms with Crippen LogP contribution in [0.25, 0.3) is 16.8 Å². The van der Waals surface area contributed by atoms with Crippen LogP contribution in [0.3, 0.4) is 0 Å². The summed E-state index contributed by atoms with van der Waals surface area (Å²) in [7, 11) is 0. The Labute approximate surface area is 187 Å². The van der Waals surface area contributed by atoms with Crippen LogP contribution in [0.15, 0.2) is 82.7 Å².